The van der Waals surface area contributed by atoms with Crippen LogP contribution in [0.1, 0.15) is 15.9 Å². The van der Waals surface area contributed by atoms with E-state index in [0.29, 0.717) is 18.7 Å². The fourth-order valence-electron chi connectivity index (χ4n) is 1.93. The summed E-state index contributed by atoms with van der Waals surface area (Å²) in [6.45, 7) is 3.20. The van der Waals surface area contributed by atoms with Gasteiger partial charge in [0.25, 0.3) is 0 Å². The van der Waals surface area contributed by atoms with Gasteiger partial charge in [0.05, 0.1) is 24.9 Å². The highest BCUT2D eigenvalue weighted by Crippen LogP contribution is 2.23. The fraction of sp³-hybridized carbons (Fsp3) is 0.286. The lowest BCUT2D eigenvalue weighted by Crippen LogP contribution is -2.03. The van der Waals surface area contributed by atoms with Gasteiger partial charge in [0.2, 0.25) is 0 Å². The molecule has 5 heteroatoms. The normalized spacial score (nSPS) is 10.6. The predicted molar refractivity (Wildman–Crippen MR) is 71.2 cm³/mol. The molecule has 0 fully saturated rings. The number of methoxy groups -OCH3 is 1. The van der Waals surface area contributed by atoms with Crippen molar-refractivity contribution in [1.82, 2.24) is 9.78 Å². The zero-order valence-corrected chi connectivity index (χ0v) is 11.0. The van der Waals surface area contributed by atoms with Crippen LogP contribution in [-0.2, 0) is 11.3 Å². The average molecular weight is 260 g/mol. The summed E-state index contributed by atoms with van der Waals surface area (Å²) in [4.78, 5) is 10.9. The van der Waals surface area contributed by atoms with Crippen molar-refractivity contribution in [2.75, 3.05) is 13.7 Å². The number of nitrogens with zero attached hydrogens (tertiary/aromatic N) is 2. The number of aromatic carboxylic acids is 1. The molecule has 1 aromatic carbocycles. The van der Waals surface area contributed by atoms with E-state index in [-0.39, 0.29) is 0 Å². The van der Waals surface area contributed by atoms with Crippen LogP contribution in [0.2, 0.25) is 0 Å². The Labute approximate surface area is 111 Å². The first-order valence-electron chi connectivity index (χ1n) is 5.97. The van der Waals surface area contributed by atoms with Gasteiger partial charge in [-0.05, 0) is 30.2 Å². The van der Waals surface area contributed by atoms with E-state index in [4.69, 9.17) is 9.84 Å². The molecule has 0 aliphatic rings. The highest BCUT2D eigenvalue weighted by molar-refractivity contribution is 5.89. The SMILES string of the molecule is COCCn1cc(-c2ccc(C(=O)O)cc2C)cn1. The molecule has 2 rings (SSSR count). The summed E-state index contributed by atoms with van der Waals surface area (Å²) in [6.07, 6.45) is 3.71. The second kappa shape index (κ2) is 5.67. The standard InChI is InChI=1S/C14H16N2O3/c1-10-7-11(14(17)18)3-4-13(10)12-8-15-16(9-12)5-6-19-2/h3-4,7-9H,5-6H2,1-2H3,(H,17,18). The van der Waals surface area contributed by atoms with E-state index in [1.165, 1.54) is 0 Å². The first kappa shape index (κ1) is 13.3. The van der Waals surface area contributed by atoms with Gasteiger partial charge in [-0.25, -0.2) is 4.79 Å². The molecular weight excluding hydrogens is 244 g/mol. The molecule has 0 spiro atoms. The molecule has 0 aliphatic heterocycles. The summed E-state index contributed by atoms with van der Waals surface area (Å²) < 4.78 is 6.81. The minimum Gasteiger partial charge on any atom is -0.478 e. The molecule has 100 valence electrons. The molecule has 0 amide bonds. The molecular formula is C14H16N2O3. The zero-order valence-electron chi connectivity index (χ0n) is 11.0. The molecule has 5 nitrogen and oxygen atoms in total. The average Bonchev–Trinajstić information content (AvgIpc) is 2.84. The van der Waals surface area contributed by atoms with Gasteiger partial charge in [-0.1, -0.05) is 6.07 Å². The number of hydrogen-bond acceptors (Lipinski definition) is 3. The van der Waals surface area contributed by atoms with Gasteiger partial charge in [-0.15, -0.1) is 0 Å². The van der Waals surface area contributed by atoms with Crippen LogP contribution in [-0.4, -0.2) is 34.6 Å². The maximum atomic E-state index is 10.9. The molecule has 0 radical (unpaired) electrons. The summed E-state index contributed by atoms with van der Waals surface area (Å²) >= 11 is 0. The second-order valence-electron chi connectivity index (χ2n) is 4.32. The number of aromatic nitrogens is 2. The zero-order chi connectivity index (χ0) is 13.8. The fourth-order valence-corrected chi connectivity index (χ4v) is 1.93. The number of ether oxygens (including phenoxy) is 1. The summed E-state index contributed by atoms with van der Waals surface area (Å²) in [7, 11) is 1.65. The number of carboxylic acid groups (broad SMARTS) is 1. The summed E-state index contributed by atoms with van der Waals surface area (Å²) in [5, 5.41) is 13.2. The number of aryl methyl sites for hydroxylation is 1. The van der Waals surface area contributed by atoms with Crippen molar-refractivity contribution in [2.24, 2.45) is 0 Å². The van der Waals surface area contributed by atoms with Gasteiger partial charge in [0.1, 0.15) is 0 Å². The number of hydrogen-bond donors (Lipinski definition) is 1. The van der Waals surface area contributed by atoms with Crippen LogP contribution in [0.3, 0.4) is 0 Å². The van der Waals surface area contributed by atoms with Crippen LogP contribution < -0.4 is 0 Å². The summed E-state index contributed by atoms with van der Waals surface area (Å²) in [5.41, 5.74) is 3.19. The van der Waals surface area contributed by atoms with Crippen molar-refractivity contribution < 1.29 is 14.6 Å². The molecule has 0 atom stereocenters. The number of carbonyl (C=O) groups is 1. The van der Waals surface area contributed by atoms with E-state index < -0.39 is 5.97 Å². The van der Waals surface area contributed by atoms with Crippen molar-refractivity contribution in [3.8, 4) is 11.1 Å². The summed E-state index contributed by atoms with van der Waals surface area (Å²) in [6, 6.07) is 5.10. The Morgan fingerprint density at radius 3 is 2.89 bits per heavy atom. The van der Waals surface area contributed by atoms with Crippen molar-refractivity contribution in [3.05, 3.63) is 41.7 Å². The van der Waals surface area contributed by atoms with Crippen LogP contribution in [0.15, 0.2) is 30.6 Å². The van der Waals surface area contributed by atoms with Gasteiger partial charge < -0.3 is 9.84 Å². The smallest absolute Gasteiger partial charge is 0.335 e. The van der Waals surface area contributed by atoms with E-state index in [9.17, 15) is 4.79 Å². The lowest BCUT2D eigenvalue weighted by atomic mass is 10.0. The van der Waals surface area contributed by atoms with Crippen LogP contribution in [0, 0.1) is 6.92 Å². The Morgan fingerprint density at radius 2 is 2.26 bits per heavy atom. The highest BCUT2D eigenvalue weighted by Gasteiger charge is 2.08. The Bertz CT molecular complexity index is 590. The van der Waals surface area contributed by atoms with Crippen LogP contribution in [0.4, 0.5) is 0 Å². The van der Waals surface area contributed by atoms with E-state index in [1.807, 2.05) is 23.9 Å². The molecule has 1 aromatic heterocycles. The van der Waals surface area contributed by atoms with E-state index in [0.717, 1.165) is 16.7 Å². The van der Waals surface area contributed by atoms with Crippen LogP contribution in [0.5, 0.6) is 0 Å². The van der Waals surface area contributed by atoms with Crippen molar-refractivity contribution >= 4 is 5.97 Å². The molecule has 1 N–H and O–H groups in total. The Morgan fingerprint density at radius 1 is 1.47 bits per heavy atom. The Balaban J connectivity index is 2.26. The number of benzene rings is 1. The monoisotopic (exact) mass is 260 g/mol. The molecule has 0 saturated heterocycles. The molecule has 0 bridgehead atoms. The largest absolute Gasteiger partial charge is 0.478 e. The lowest BCUT2D eigenvalue weighted by molar-refractivity contribution is 0.0697. The number of rotatable bonds is 5. The van der Waals surface area contributed by atoms with E-state index in [1.54, 1.807) is 25.4 Å². The Hall–Kier alpha value is -2.14. The highest BCUT2D eigenvalue weighted by atomic mass is 16.5. The molecule has 0 unspecified atom stereocenters. The first-order chi connectivity index (χ1) is 9.11. The third-order valence-electron chi connectivity index (χ3n) is 2.94. The molecule has 0 saturated carbocycles. The molecule has 1 heterocycles. The summed E-state index contributed by atoms with van der Waals surface area (Å²) in [5.74, 6) is -0.912. The maximum absolute atomic E-state index is 10.9. The molecule has 2 aromatic rings. The maximum Gasteiger partial charge on any atom is 0.335 e. The van der Waals surface area contributed by atoms with Crippen molar-refractivity contribution in [3.63, 3.8) is 0 Å². The van der Waals surface area contributed by atoms with Gasteiger partial charge >= 0.3 is 5.97 Å². The molecule has 0 aliphatic carbocycles. The molecule has 19 heavy (non-hydrogen) atoms. The van der Waals surface area contributed by atoms with Crippen LogP contribution in [0.25, 0.3) is 11.1 Å². The predicted octanol–water partition coefficient (Wildman–Crippen LogP) is 2.20. The minimum atomic E-state index is -0.912. The first-order valence-corrected chi connectivity index (χ1v) is 5.97. The van der Waals surface area contributed by atoms with Gasteiger partial charge in [-0.3, -0.25) is 4.68 Å². The quantitative estimate of drug-likeness (QED) is 0.895. The topological polar surface area (TPSA) is 64.3 Å². The van der Waals surface area contributed by atoms with Crippen LogP contribution >= 0.6 is 0 Å². The van der Waals surface area contributed by atoms with Gasteiger partial charge in [-0.2, -0.15) is 5.10 Å². The van der Waals surface area contributed by atoms with Crippen molar-refractivity contribution in [2.45, 2.75) is 13.5 Å². The number of carboxylic acids is 1. The third-order valence-corrected chi connectivity index (χ3v) is 2.94. The van der Waals surface area contributed by atoms with Crippen molar-refractivity contribution in [1.29, 1.82) is 0 Å². The minimum absolute atomic E-state index is 0.299. The van der Waals surface area contributed by atoms with Gasteiger partial charge in [0.15, 0.2) is 0 Å². The van der Waals surface area contributed by atoms with Gasteiger partial charge in [0, 0.05) is 18.9 Å². The van der Waals surface area contributed by atoms with E-state index in [2.05, 4.69) is 5.10 Å². The lowest BCUT2D eigenvalue weighted by Gasteiger charge is -2.04. The third kappa shape index (κ3) is 3.00. The second-order valence-corrected chi connectivity index (χ2v) is 4.32. The Kier molecular flexibility index (Phi) is 3.97. The van der Waals surface area contributed by atoms with E-state index >= 15 is 0 Å².